The lowest BCUT2D eigenvalue weighted by molar-refractivity contribution is -0.274. The Balaban J connectivity index is 1.50. The molecule has 1 aromatic carbocycles. The van der Waals surface area contributed by atoms with E-state index in [1.165, 1.54) is 24.4 Å². The van der Waals surface area contributed by atoms with Gasteiger partial charge in [0.05, 0.1) is 11.8 Å². The maximum Gasteiger partial charge on any atom is 0.573 e. The Kier molecular flexibility index (Phi) is 4.81. The van der Waals surface area contributed by atoms with Crippen LogP contribution >= 0.6 is 11.3 Å². The molecule has 5 rings (SSSR count). The molecule has 1 amide bonds. The van der Waals surface area contributed by atoms with E-state index in [1.54, 1.807) is 6.07 Å². The third kappa shape index (κ3) is 4.08. The number of benzene rings is 1. The minimum absolute atomic E-state index is 0.117. The first-order valence-corrected chi connectivity index (χ1v) is 9.55. The first kappa shape index (κ1) is 18.2. The van der Waals surface area contributed by atoms with E-state index in [-0.39, 0.29) is 23.3 Å². The Morgan fingerprint density at radius 3 is 2.67 bits per heavy atom. The highest BCUT2D eigenvalue weighted by Crippen LogP contribution is 2.36. The van der Waals surface area contributed by atoms with Crippen LogP contribution in [0.25, 0.3) is 10.6 Å². The van der Waals surface area contributed by atoms with Crippen molar-refractivity contribution in [1.29, 1.82) is 0 Å². The van der Waals surface area contributed by atoms with Crippen LogP contribution in [-0.4, -0.2) is 47.8 Å². The molecule has 4 heterocycles. The third-order valence-corrected chi connectivity index (χ3v) is 6.07. The van der Waals surface area contributed by atoms with Gasteiger partial charge in [0, 0.05) is 12.6 Å². The maximum absolute atomic E-state index is 12.6. The minimum atomic E-state index is -4.79. The first-order valence-electron chi connectivity index (χ1n) is 8.73. The smallest absolute Gasteiger partial charge is 0.405 e. The van der Waals surface area contributed by atoms with Gasteiger partial charge < -0.3 is 15.0 Å². The van der Waals surface area contributed by atoms with Gasteiger partial charge in [0.25, 0.3) is 5.91 Å². The minimum Gasteiger partial charge on any atom is -0.405 e. The van der Waals surface area contributed by atoms with Crippen molar-refractivity contribution in [2.75, 3.05) is 19.6 Å². The summed E-state index contributed by atoms with van der Waals surface area (Å²) in [6.07, 6.45) is -1.22. The number of nitrogens with one attached hydrogen (secondary N) is 1. The highest BCUT2D eigenvalue weighted by molar-refractivity contribution is 7.16. The summed E-state index contributed by atoms with van der Waals surface area (Å²) in [5.74, 6) is -0.0670. The number of ether oxygens (including phenoxy) is 1. The number of thiazole rings is 1. The first-order chi connectivity index (χ1) is 12.9. The average Bonchev–Trinajstić information content (AvgIpc) is 3.12. The second-order valence-electron chi connectivity index (χ2n) is 6.79. The van der Waals surface area contributed by atoms with Crippen molar-refractivity contribution in [3.8, 4) is 16.3 Å². The van der Waals surface area contributed by atoms with Gasteiger partial charge in [-0.3, -0.25) is 4.79 Å². The van der Waals surface area contributed by atoms with E-state index >= 15 is 0 Å². The van der Waals surface area contributed by atoms with Crippen LogP contribution in [0.1, 0.15) is 22.5 Å². The molecule has 5 nitrogen and oxygen atoms in total. The van der Waals surface area contributed by atoms with Gasteiger partial charge in [0.2, 0.25) is 0 Å². The van der Waals surface area contributed by atoms with Crippen molar-refractivity contribution < 1.29 is 22.7 Å². The number of carbonyl (C=O) groups excluding carboxylic acids is 1. The molecule has 1 aromatic heterocycles. The number of para-hydroxylation sites is 1. The monoisotopic (exact) mass is 397 g/mol. The molecule has 1 N–H and O–H groups in total. The van der Waals surface area contributed by atoms with Crippen LogP contribution in [-0.2, 0) is 0 Å². The SMILES string of the molecule is O=C(NC1CN2CCC1CC2)c1cnc(-c2ccccc2OC(F)(F)F)s1. The molecule has 0 aliphatic carbocycles. The number of rotatable bonds is 4. The van der Waals surface area contributed by atoms with Gasteiger partial charge >= 0.3 is 6.36 Å². The molecule has 0 saturated carbocycles. The number of hydrogen-bond acceptors (Lipinski definition) is 5. The van der Waals surface area contributed by atoms with Crippen molar-refractivity contribution in [1.82, 2.24) is 15.2 Å². The lowest BCUT2D eigenvalue weighted by Crippen LogP contribution is -2.57. The van der Waals surface area contributed by atoms with Crippen molar-refractivity contribution in [2.45, 2.75) is 25.2 Å². The number of piperidine rings is 3. The fraction of sp³-hybridized carbons (Fsp3) is 0.444. The van der Waals surface area contributed by atoms with Crippen molar-refractivity contribution in [3.63, 3.8) is 0 Å². The van der Waals surface area contributed by atoms with Crippen LogP contribution in [0.4, 0.5) is 13.2 Å². The molecule has 3 fully saturated rings. The summed E-state index contributed by atoms with van der Waals surface area (Å²) in [5, 5.41) is 3.38. The molecular formula is C18H18F3N3O2S. The van der Waals surface area contributed by atoms with Crippen molar-refractivity contribution in [3.05, 3.63) is 35.3 Å². The van der Waals surface area contributed by atoms with Gasteiger partial charge in [0.1, 0.15) is 15.6 Å². The standard InChI is InChI=1S/C18H18F3N3O2S/c19-18(20,21)26-14-4-2-1-3-12(14)17-22-9-15(27-17)16(25)23-13-10-24-7-5-11(13)6-8-24/h1-4,9,11,13H,5-8,10H2,(H,23,25). The highest BCUT2D eigenvalue weighted by atomic mass is 32.1. The molecule has 144 valence electrons. The number of alkyl halides is 3. The fourth-order valence-corrected chi connectivity index (χ4v) is 4.58. The van der Waals surface area contributed by atoms with E-state index in [0.29, 0.717) is 15.8 Å². The number of aromatic nitrogens is 1. The molecule has 2 aromatic rings. The molecule has 3 aliphatic rings. The lowest BCUT2D eigenvalue weighted by Gasteiger charge is -2.44. The predicted octanol–water partition coefficient (Wildman–Crippen LogP) is 3.53. The molecule has 0 spiro atoms. The molecule has 3 aliphatic heterocycles. The number of hydrogen-bond donors (Lipinski definition) is 1. The highest BCUT2D eigenvalue weighted by Gasteiger charge is 2.35. The van der Waals surface area contributed by atoms with Crippen LogP contribution in [0.5, 0.6) is 5.75 Å². The number of halogens is 3. The molecule has 3 saturated heterocycles. The zero-order valence-electron chi connectivity index (χ0n) is 14.3. The van der Waals surface area contributed by atoms with Gasteiger partial charge in [-0.1, -0.05) is 12.1 Å². The summed E-state index contributed by atoms with van der Waals surface area (Å²) < 4.78 is 41.9. The summed E-state index contributed by atoms with van der Waals surface area (Å²) in [5.41, 5.74) is 0.210. The van der Waals surface area contributed by atoms with Crippen LogP contribution in [0.2, 0.25) is 0 Å². The molecule has 27 heavy (non-hydrogen) atoms. The normalized spacial score (nSPS) is 24.6. The topological polar surface area (TPSA) is 54.5 Å². The number of fused-ring (bicyclic) bond motifs is 3. The largest absolute Gasteiger partial charge is 0.573 e. The summed E-state index contributed by atoms with van der Waals surface area (Å²) in [6.45, 7) is 3.01. The van der Waals surface area contributed by atoms with E-state index in [1.807, 2.05) is 0 Å². The predicted molar refractivity (Wildman–Crippen MR) is 94.7 cm³/mol. The summed E-state index contributed by atoms with van der Waals surface area (Å²) >= 11 is 1.06. The summed E-state index contributed by atoms with van der Waals surface area (Å²) in [6, 6.07) is 5.91. The zero-order valence-corrected chi connectivity index (χ0v) is 15.1. The average molecular weight is 397 g/mol. The Morgan fingerprint density at radius 1 is 1.26 bits per heavy atom. The summed E-state index contributed by atoms with van der Waals surface area (Å²) in [7, 11) is 0. The van der Waals surface area contributed by atoms with Crippen LogP contribution in [0.15, 0.2) is 30.5 Å². The number of carbonyl (C=O) groups is 1. The Hall–Kier alpha value is -2.13. The Morgan fingerprint density at radius 2 is 2.00 bits per heavy atom. The van der Waals surface area contributed by atoms with E-state index in [4.69, 9.17) is 0 Å². The van der Waals surface area contributed by atoms with E-state index < -0.39 is 6.36 Å². The van der Waals surface area contributed by atoms with Gasteiger partial charge in [-0.15, -0.1) is 24.5 Å². The zero-order chi connectivity index (χ0) is 19.0. The molecule has 1 unspecified atom stereocenters. The van der Waals surface area contributed by atoms with Crippen molar-refractivity contribution in [2.24, 2.45) is 5.92 Å². The van der Waals surface area contributed by atoms with E-state index in [2.05, 4.69) is 19.9 Å². The Bertz CT molecular complexity index is 831. The van der Waals surface area contributed by atoms with Gasteiger partial charge in [-0.05, 0) is 44.0 Å². The van der Waals surface area contributed by atoms with E-state index in [0.717, 1.165) is 43.8 Å². The van der Waals surface area contributed by atoms with Crippen molar-refractivity contribution >= 4 is 17.2 Å². The molecule has 0 radical (unpaired) electrons. The van der Waals surface area contributed by atoms with Gasteiger partial charge in [0.15, 0.2) is 0 Å². The second-order valence-corrected chi connectivity index (χ2v) is 7.82. The Labute approximate surface area is 158 Å². The van der Waals surface area contributed by atoms with Gasteiger partial charge in [-0.2, -0.15) is 0 Å². The number of nitrogens with zero attached hydrogens (tertiary/aromatic N) is 2. The molecular weight excluding hydrogens is 379 g/mol. The van der Waals surface area contributed by atoms with Crippen LogP contribution in [0.3, 0.4) is 0 Å². The quantitative estimate of drug-likeness (QED) is 0.858. The van der Waals surface area contributed by atoms with Gasteiger partial charge in [-0.25, -0.2) is 4.98 Å². The van der Waals surface area contributed by atoms with Crippen LogP contribution < -0.4 is 10.1 Å². The maximum atomic E-state index is 12.6. The molecule has 2 bridgehead atoms. The number of amides is 1. The fourth-order valence-electron chi connectivity index (χ4n) is 3.73. The second kappa shape index (κ2) is 7.12. The third-order valence-electron chi connectivity index (χ3n) is 5.05. The lowest BCUT2D eigenvalue weighted by atomic mass is 9.84. The summed E-state index contributed by atoms with van der Waals surface area (Å²) in [4.78, 5) is 19.4. The molecule has 9 heteroatoms. The molecule has 1 atom stereocenters. The van der Waals surface area contributed by atoms with E-state index in [9.17, 15) is 18.0 Å². The van der Waals surface area contributed by atoms with Crippen LogP contribution in [0, 0.1) is 5.92 Å².